The van der Waals surface area contributed by atoms with Crippen molar-refractivity contribution in [2.75, 3.05) is 32.0 Å². The van der Waals surface area contributed by atoms with Gasteiger partial charge in [-0.2, -0.15) is 0 Å². The molecule has 1 rings (SSSR count). The van der Waals surface area contributed by atoms with E-state index in [0.29, 0.717) is 11.9 Å². The zero-order valence-corrected chi connectivity index (χ0v) is 9.21. The molecule has 1 saturated heterocycles. The van der Waals surface area contributed by atoms with Gasteiger partial charge < -0.3 is 9.80 Å². The average Bonchev–Trinajstić information content (AvgIpc) is 2.28. The summed E-state index contributed by atoms with van der Waals surface area (Å²) in [6.07, 6.45) is 0.862. The summed E-state index contributed by atoms with van der Waals surface area (Å²) < 4.78 is 0. The number of amides is 2. The molecule has 5 heteroatoms. The second kappa shape index (κ2) is 4.60. The van der Waals surface area contributed by atoms with Crippen molar-refractivity contribution >= 4 is 27.7 Å². The van der Waals surface area contributed by atoms with Crippen molar-refractivity contribution in [3.05, 3.63) is 0 Å². The molecule has 0 radical (unpaired) electrons. The molecule has 74 valence electrons. The Balaban J connectivity index is 2.59. The number of halogens is 1. The number of carbonyl (C=O) groups excluding carboxylic acids is 2. The van der Waals surface area contributed by atoms with Gasteiger partial charge in [0.2, 0.25) is 11.8 Å². The summed E-state index contributed by atoms with van der Waals surface area (Å²) in [5, 5.41) is 0.296. The largest absolute Gasteiger partial charge is 0.344 e. The van der Waals surface area contributed by atoms with Crippen molar-refractivity contribution < 1.29 is 9.59 Å². The summed E-state index contributed by atoms with van der Waals surface area (Å²) in [6.45, 7) is 1.65. The molecule has 2 amide bonds. The fourth-order valence-corrected chi connectivity index (χ4v) is 1.64. The van der Waals surface area contributed by atoms with Crippen molar-refractivity contribution in [1.82, 2.24) is 9.80 Å². The number of hydrogen-bond donors (Lipinski definition) is 0. The highest BCUT2D eigenvalue weighted by Crippen LogP contribution is 2.03. The first-order valence-electron chi connectivity index (χ1n) is 4.23. The summed E-state index contributed by atoms with van der Waals surface area (Å²) >= 11 is 3.09. The standard InChI is InChI=1S/C8H13BrN2O2/c1-10-3-2-4-11(6-8(10)13)7(12)5-9/h2-6H2,1H3. The third kappa shape index (κ3) is 2.69. The third-order valence-electron chi connectivity index (χ3n) is 2.14. The topological polar surface area (TPSA) is 40.6 Å². The van der Waals surface area contributed by atoms with E-state index < -0.39 is 0 Å². The van der Waals surface area contributed by atoms with Crippen molar-refractivity contribution in [3.8, 4) is 0 Å². The number of nitrogens with zero attached hydrogens (tertiary/aromatic N) is 2. The molecule has 0 unspecified atom stereocenters. The summed E-state index contributed by atoms with van der Waals surface area (Å²) in [5.41, 5.74) is 0. The van der Waals surface area contributed by atoms with Crippen LogP contribution in [-0.4, -0.2) is 53.6 Å². The first-order valence-corrected chi connectivity index (χ1v) is 5.35. The van der Waals surface area contributed by atoms with Crippen LogP contribution in [0.1, 0.15) is 6.42 Å². The molecular formula is C8H13BrN2O2. The summed E-state index contributed by atoms with van der Waals surface area (Å²) in [6, 6.07) is 0. The van der Waals surface area contributed by atoms with Gasteiger partial charge in [-0.1, -0.05) is 15.9 Å². The smallest absolute Gasteiger partial charge is 0.241 e. The number of rotatable bonds is 1. The van der Waals surface area contributed by atoms with Gasteiger partial charge in [-0.3, -0.25) is 9.59 Å². The predicted octanol–water partition coefficient (Wildman–Crippen LogP) is 0.0720. The van der Waals surface area contributed by atoms with Crippen molar-refractivity contribution in [2.45, 2.75) is 6.42 Å². The number of carbonyl (C=O) groups is 2. The first-order chi connectivity index (χ1) is 6.15. The van der Waals surface area contributed by atoms with Crippen LogP contribution in [0.5, 0.6) is 0 Å². The van der Waals surface area contributed by atoms with Gasteiger partial charge in [0.15, 0.2) is 0 Å². The Morgan fingerprint density at radius 3 is 2.85 bits per heavy atom. The van der Waals surface area contributed by atoms with Crippen molar-refractivity contribution in [1.29, 1.82) is 0 Å². The molecule has 0 bridgehead atoms. The Morgan fingerprint density at radius 1 is 1.54 bits per heavy atom. The predicted molar refractivity (Wildman–Crippen MR) is 52.6 cm³/mol. The van der Waals surface area contributed by atoms with Gasteiger partial charge in [-0.05, 0) is 6.42 Å². The molecule has 0 atom stereocenters. The fraction of sp³-hybridized carbons (Fsp3) is 0.750. The number of hydrogen-bond acceptors (Lipinski definition) is 2. The SMILES string of the molecule is CN1CCCN(C(=O)CBr)CC1=O. The Morgan fingerprint density at radius 2 is 2.23 bits per heavy atom. The molecule has 0 aliphatic carbocycles. The molecule has 0 saturated carbocycles. The molecule has 0 N–H and O–H groups in total. The lowest BCUT2D eigenvalue weighted by atomic mass is 10.4. The van der Waals surface area contributed by atoms with E-state index in [2.05, 4.69) is 15.9 Å². The van der Waals surface area contributed by atoms with Crippen molar-refractivity contribution in [3.63, 3.8) is 0 Å². The van der Waals surface area contributed by atoms with E-state index in [-0.39, 0.29) is 18.4 Å². The second-order valence-electron chi connectivity index (χ2n) is 3.12. The minimum atomic E-state index is -0.0105. The van der Waals surface area contributed by atoms with Crippen LogP contribution in [0.2, 0.25) is 0 Å². The van der Waals surface area contributed by atoms with Gasteiger partial charge >= 0.3 is 0 Å². The maximum Gasteiger partial charge on any atom is 0.241 e. The molecule has 0 aromatic carbocycles. The third-order valence-corrected chi connectivity index (χ3v) is 2.62. The maximum absolute atomic E-state index is 11.4. The first kappa shape index (κ1) is 10.5. The number of alkyl halides is 1. The molecule has 1 heterocycles. The molecule has 1 fully saturated rings. The minimum absolute atomic E-state index is 0.0105. The van der Waals surface area contributed by atoms with Gasteiger partial charge in [0, 0.05) is 20.1 Å². The highest BCUT2D eigenvalue weighted by atomic mass is 79.9. The van der Waals surface area contributed by atoms with E-state index in [9.17, 15) is 9.59 Å². The normalized spacial score (nSPS) is 18.8. The quantitative estimate of drug-likeness (QED) is 0.617. The van der Waals surface area contributed by atoms with E-state index in [1.54, 1.807) is 16.8 Å². The van der Waals surface area contributed by atoms with Gasteiger partial charge in [0.25, 0.3) is 0 Å². The highest BCUT2D eigenvalue weighted by molar-refractivity contribution is 9.09. The van der Waals surface area contributed by atoms with Gasteiger partial charge in [0.1, 0.15) is 0 Å². The van der Waals surface area contributed by atoms with Crippen LogP contribution in [0.25, 0.3) is 0 Å². The molecule has 1 aliphatic heterocycles. The number of likely N-dealkylation sites (N-methyl/N-ethyl adjacent to an activating group) is 1. The Bertz CT molecular complexity index is 220. The highest BCUT2D eigenvalue weighted by Gasteiger charge is 2.21. The summed E-state index contributed by atoms with van der Waals surface area (Å²) in [7, 11) is 1.77. The molecule has 0 aromatic rings. The minimum Gasteiger partial charge on any atom is -0.344 e. The molecule has 0 aromatic heterocycles. The van der Waals surface area contributed by atoms with E-state index in [1.165, 1.54) is 0 Å². The van der Waals surface area contributed by atoms with E-state index >= 15 is 0 Å². The Kier molecular flexibility index (Phi) is 3.71. The van der Waals surface area contributed by atoms with Crippen LogP contribution < -0.4 is 0 Å². The van der Waals surface area contributed by atoms with E-state index in [4.69, 9.17) is 0 Å². The monoisotopic (exact) mass is 248 g/mol. The lowest BCUT2D eigenvalue weighted by Gasteiger charge is -2.18. The summed E-state index contributed by atoms with van der Waals surface area (Å²) in [4.78, 5) is 25.9. The van der Waals surface area contributed by atoms with Crippen molar-refractivity contribution in [2.24, 2.45) is 0 Å². The zero-order valence-electron chi connectivity index (χ0n) is 7.62. The lowest BCUT2D eigenvalue weighted by Crippen LogP contribution is -2.38. The van der Waals surface area contributed by atoms with Crippen LogP contribution in [0, 0.1) is 0 Å². The lowest BCUT2D eigenvalue weighted by molar-refractivity contribution is -0.136. The van der Waals surface area contributed by atoms with Gasteiger partial charge in [0.05, 0.1) is 11.9 Å². The average molecular weight is 249 g/mol. The van der Waals surface area contributed by atoms with Crippen LogP contribution in [0.15, 0.2) is 0 Å². The zero-order chi connectivity index (χ0) is 9.84. The van der Waals surface area contributed by atoms with Crippen LogP contribution in [0.4, 0.5) is 0 Å². The van der Waals surface area contributed by atoms with E-state index in [0.717, 1.165) is 13.0 Å². The molecule has 0 spiro atoms. The molecule has 4 nitrogen and oxygen atoms in total. The molecular weight excluding hydrogens is 236 g/mol. The summed E-state index contributed by atoms with van der Waals surface area (Å²) in [5.74, 6) is 0.00968. The van der Waals surface area contributed by atoms with E-state index in [1.807, 2.05) is 0 Å². The maximum atomic E-state index is 11.4. The van der Waals surface area contributed by atoms with Gasteiger partial charge in [-0.25, -0.2) is 0 Å². The fourth-order valence-electron chi connectivity index (χ4n) is 1.28. The Hall–Kier alpha value is -0.580. The van der Waals surface area contributed by atoms with Crippen LogP contribution >= 0.6 is 15.9 Å². The van der Waals surface area contributed by atoms with Crippen LogP contribution in [-0.2, 0) is 9.59 Å². The van der Waals surface area contributed by atoms with Crippen LogP contribution in [0.3, 0.4) is 0 Å². The van der Waals surface area contributed by atoms with Gasteiger partial charge in [-0.15, -0.1) is 0 Å². The second-order valence-corrected chi connectivity index (χ2v) is 3.68. The molecule has 1 aliphatic rings. The Labute approximate surface area is 86.0 Å². The molecule has 13 heavy (non-hydrogen) atoms.